The number of hydrogen-bond donors (Lipinski definition) is 1. The number of rotatable bonds is 3. The third-order valence-corrected chi connectivity index (χ3v) is 1.08. The Bertz CT molecular complexity index is 84.6. The zero-order valence-electron chi connectivity index (χ0n) is 6.81. The van der Waals surface area contributed by atoms with E-state index in [-0.39, 0.29) is 0 Å². The normalized spacial score (nSPS) is 15.2. The molecule has 0 bridgehead atoms. The molecule has 0 heterocycles. The largest absolute Gasteiger partial charge is 0.309 e. The van der Waals surface area contributed by atoms with Crippen LogP contribution in [0, 0.1) is 0 Å². The molecule has 0 aliphatic rings. The minimum atomic E-state index is 0.509. The van der Waals surface area contributed by atoms with Crippen molar-refractivity contribution in [2.24, 2.45) is 0 Å². The topological polar surface area (TPSA) is 12.0 Å². The Balaban J connectivity index is 3.38. The highest BCUT2D eigenvalue weighted by atomic mass is 14.9. The minimum Gasteiger partial charge on any atom is -0.309 e. The first kappa shape index (κ1) is 8.70. The van der Waals surface area contributed by atoms with Gasteiger partial charge in [-0.05, 0) is 13.8 Å². The molecule has 1 nitrogen and oxygen atoms in total. The van der Waals surface area contributed by atoms with Crippen LogP contribution in [0.2, 0.25) is 0 Å². The van der Waals surface area contributed by atoms with Crippen molar-refractivity contribution >= 4 is 0 Å². The van der Waals surface area contributed by atoms with Crippen LogP contribution < -0.4 is 5.32 Å². The predicted octanol–water partition coefficient (Wildman–Crippen LogP) is 1.95. The van der Waals surface area contributed by atoms with E-state index >= 15 is 0 Å². The quantitative estimate of drug-likeness (QED) is 0.571. The average molecular weight is 127 g/mol. The minimum absolute atomic E-state index is 0.509. The van der Waals surface area contributed by atoms with Crippen molar-refractivity contribution in [3.8, 4) is 0 Å². The van der Waals surface area contributed by atoms with Crippen LogP contribution in [0.4, 0.5) is 0 Å². The van der Waals surface area contributed by atoms with Gasteiger partial charge in [0.25, 0.3) is 0 Å². The summed E-state index contributed by atoms with van der Waals surface area (Å²) in [6.45, 7) is 8.50. The molecule has 0 saturated heterocycles. The highest BCUT2D eigenvalue weighted by Crippen LogP contribution is 1.86. The van der Waals surface area contributed by atoms with Crippen molar-refractivity contribution in [3.05, 3.63) is 12.2 Å². The van der Waals surface area contributed by atoms with Gasteiger partial charge in [0.15, 0.2) is 0 Å². The van der Waals surface area contributed by atoms with Crippen LogP contribution in [0.15, 0.2) is 12.2 Å². The second-order valence-electron chi connectivity index (χ2n) is 2.64. The molecule has 0 aromatic carbocycles. The Morgan fingerprint density at radius 1 is 1.22 bits per heavy atom. The van der Waals surface area contributed by atoms with Crippen LogP contribution in [0.1, 0.15) is 27.7 Å². The lowest BCUT2D eigenvalue weighted by molar-refractivity contribution is 0.549. The van der Waals surface area contributed by atoms with E-state index in [1.807, 2.05) is 6.92 Å². The van der Waals surface area contributed by atoms with Crippen molar-refractivity contribution in [1.82, 2.24) is 5.32 Å². The van der Waals surface area contributed by atoms with E-state index in [2.05, 4.69) is 38.2 Å². The molecule has 0 aromatic heterocycles. The molecule has 0 aliphatic carbocycles. The molecule has 0 amide bonds. The fourth-order valence-corrected chi connectivity index (χ4v) is 0.870. The molecule has 0 saturated carbocycles. The summed E-state index contributed by atoms with van der Waals surface area (Å²) >= 11 is 0. The molecule has 0 rings (SSSR count). The molecule has 9 heavy (non-hydrogen) atoms. The van der Waals surface area contributed by atoms with Crippen LogP contribution in [0.5, 0.6) is 0 Å². The van der Waals surface area contributed by atoms with Crippen LogP contribution >= 0.6 is 0 Å². The van der Waals surface area contributed by atoms with E-state index in [1.54, 1.807) is 0 Å². The molecule has 0 fully saturated rings. The van der Waals surface area contributed by atoms with Gasteiger partial charge in [-0.1, -0.05) is 26.0 Å². The molecule has 0 spiro atoms. The van der Waals surface area contributed by atoms with Gasteiger partial charge in [0, 0.05) is 12.1 Å². The van der Waals surface area contributed by atoms with Gasteiger partial charge < -0.3 is 5.32 Å². The van der Waals surface area contributed by atoms with Crippen LogP contribution in [0.3, 0.4) is 0 Å². The monoisotopic (exact) mass is 127 g/mol. The Morgan fingerprint density at radius 2 is 1.78 bits per heavy atom. The second-order valence-corrected chi connectivity index (χ2v) is 2.64. The first-order chi connectivity index (χ1) is 4.16. The first-order valence-corrected chi connectivity index (χ1v) is 3.55. The third-order valence-electron chi connectivity index (χ3n) is 1.08. The SMILES string of the molecule is CC=CC(C)NC(C)C. The predicted molar refractivity (Wildman–Crippen MR) is 42.5 cm³/mol. The Labute approximate surface area is 58.2 Å². The maximum Gasteiger partial charge on any atom is 0.0223 e. The van der Waals surface area contributed by atoms with Gasteiger partial charge >= 0.3 is 0 Å². The molecule has 1 atom stereocenters. The lowest BCUT2D eigenvalue weighted by atomic mass is 10.2. The summed E-state index contributed by atoms with van der Waals surface area (Å²) < 4.78 is 0. The fourth-order valence-electron chi connectivity index (χ4n) is 0.870. The lowest BCUT2D eigenvalue weighted by Crippen LogP contribution is -2.30. The zero-order chi connectivity index (χ0) is 7.28. The third kappa shape index (κ3) is 5.57. The van der Waals surface area contributed by atoms with E-state index in [4.69, 9.17) is 0 Å². The summed E-state index contributed by atoms with van der Waals surface area (Å²) in [5.74, 6) is 0. The molecular formula is C8H17N. The van der Waals surface area contributed by atoms with Gasteiger partial charge in [0.1, 0.15) is 0 Å². The highest BCUT2D eigenvalue weighted by molar-refractivity contribution is 4.88. The molecule has 54 valence electrons. The van der Waals surface area contributed by atoms with Gasteiger partial charge in [-0.2, -0.15) is 0 Å². The van der Waals surface area contributed by atoms with Gasteiger partial charge in [-0.3, -0.25) is 0 Å². The molecule has 1 N–H and O–H groups in total. The molecule has 0 aromatic rings. The van der Waals surface area contributed by atoms with Crippen molar-refractivity contribution < 1.29 is 0 Å². The summed E-state index contributed by atoms with van der Waals surface area (Å²) in [5, 5.41) is 3.36. The maximum atomic E-state index is 3.36. The van der Waals surface area contributed by atoms with Crippen LogP contribution in [-0.4, -0.2) is 12.1 Å². The van der Waals surface area contributed by atoms with E-state index in [1.165, 1.54) is 0 Å². The van der Waals surface area contributed by atoms with Gasteiger partial charge in [0.2, 0.25) is 0 Å². The molecular weight excluding hydrogens is 110 g/mol. The van der Waals surface area contributed by atoms with Crippen LogP contribution in [0.25, 0.3) is 0 Å². The Kier molecular flexibility index (Phi) is 4.41. The molecule has 1 heteroatoms. The van der Waals surface area contributed by atoms with E-state index in [9.17, 15) is 0 Å². The van der Waals surface area contributed by atoms with Crippen LogP contribution in [-0.2, 0) is 0 Å². The fraction of sp³-hybridized carbons (Fsp3) is 0.750. The lowest BCUT2D eigenvalue weighted by Gasteiger charge is -2.11. The molecule has 1 unspecified atom stereocenters. The average Bonchev–Trinajstić information content (AvgIpc) is 1.63. The van der Waals surface area contributed by atoms with E-state index < -0.39 is 0 Å². The maximum absolute atomic E-state index is 3.36. The van der Waals surface area contributed by atoms with E-state index in [0.717, 1.165) is 0 Å². The van der Waals surface area contributed by atoms with Gasteiger partial charge in [-0.25, -0.2) is 0 Å². The van der Waals surface area contributed by atoms with E-state index in [0.29, 0.717) is 12.1 Å². The molecule has 0 aliphatic heterocycles. The van der Waals surface area contributed by atoms with Gasteiger partial charge in [-0.15, -0.1) is 0 Å². The smallest absolute Gasteiger partial charge is 0.0223 e. The Hall–Kier alpha value is -0.300. The number of hydrogen-bond acceptors (Lipinski definition) is 1. The zero-order valence-corrected chi connectivity index (χ0v) is 6.81. The highest BCUT2D eigenvalue weighted by Gasteiger charge is 1.95. The first-order valence-electron chi connectivity index (χ1n) is 3.55. The molecule has 0 radical (unpaired) electrons. The Morgan fingerprint density at radius 3 is 2.11 bits per heavy atom. The number of nitrogens with one attached hydrogen (secondary N) is 1. The van der Waals surface area contributed by atoms with Crippen molar-refractivity contribution in [1.29, 1.82) is 0 Å². The summed E-state index contributed by atoms with van der Waals surface area (Å²) in [6, 6.07) is 1.09. The van der Waals surface area contributed by atoms with Gasteiger partial charge in [0.05, 0.1) is 0 Å². The van der Waals surface area contributed by atoms with Crippen molar-refractivity contribution in [2.45, 2.75) is 39.8 Å². The second kappa shape index (κ2) is 4.57. The number of allylic oxidation sites excluding steroid dienone is 1. The summed E-state index contributed by atoms with van der Waals surface area (Å²) in [4.78, 5) is 0. The summed E-state index contributed by atoms with van der Waals surface area (Å²) in [6.07, 6.45) is 4.22. The van der Waals surface area contributed by atoms with Crippen molar-refractivity contribution in [3.63, 3.8) is 0 Å². The summed E-state index contributed by atoms with van der Waals surface area (Å²) in [5.41, 5.74) is 0. The van der Waals surface area contributed by atoms with Crippen molar-refractivity contribution in [2.75, 3.05) is 0 Å². The summed E-state index contributed by atoms with van der Waals surface area (Å²) in [7, 11) is 0. The standard InChI is InChI=1S/C8H17N/c1-5-6-8(4)9-7(2)3/h5-9H,1-4H3.